The van der Waals surface area contributed by atoms with Gasteiger partial charge in [0.2, 0.25) is 0 Å². The van der Waals surface area contributed by atoms with Gasteiger partial charge >= 0.3 is 12.1 Å². The third-order valence-electron chi connectivity index (χ3n) is 11.2. The molecule has 1 spiro atoms. The predicted octanol–water partition coefficient (Wildman–Crippen LogP) is 4.94. The highest BCUT2D eigenvalue weighted by atomic mass is 35.5. The van der Waals surface area contributed by atoms with E-state index in [0.29, 0.717) is 36.3 Å². The zero-order valence-electron chi connectivity index (χ0n) is 24.8. The standard InChI is InChI=1S/C31H43ClFN7O3/c32-27-25(33)26-24(16-35-27)28(39-17-21-3-4-22(18-39)40(21)30(41)42)37-29(36-26)43-19-23-2-1-14-38(23)15-7-20-5-8-31(9-6-20)10-12-34-13-11-31/h16,20-23,34H,1-15,17-19H2,(H,41,42)/t21?,22?,23-/m0/s1. The third-order valence-corrected chi connectivity index (χ3v) is 11.4. The fourth-order valence-corrected chi connectivity index (χ4v) is 8.76. The molecule has 12 heteroatoms. The number of rotatable bonds is 7. The smallest absolute Gasteiger partial charge is 0.407 e. The summed E-state index contributed by atoms with van der Waals surface area (Å²) in [6.45, 7) is 5.94. The van der Waals surface area contributed by atoms with E-state index in [0.717, 1.165) is 44.7 Å². The van der Waals surface area contributed by atoms with Gasteiger partial charge in [-0.2, -0.15) is 9.97 Å². The van der Waals surface area contributed by atoms with Crippen molar-refractivity contribution in [3.05, 3.63) is 17.2 Å². The highest BCUT2D eigenvalue weighted by Gasteiger charge is 2.44. The summed E-state index contributed by atoms with van der Waals surface area (Å²) in [6.07, 6.45) is 13.8. The van der Waals surface area contributed by atoms with Gasteiger partial charge in [0, 0.05) is 25.3 Å². The van der Waals surface area contributed by atoms with E-state index in [1.54, 1.807) is 4.90 Å². The second-order valence-corrected chi connectivity index (χ2v) is 13.9. The van der Waals surface area contributed by atoms with Crippen molar-refractivity contribution in [2.24, 2.45) is 11.3 Å². The van der Waals surface area contributed by atoms with Crippen molar-refractivity contribution in [3.8, 4) is 6.01 Å². The van der Waals surface area contributed by atoms with E-state index in [2.05, 4.69) is 20.2 Å². The Morgan fingerprint density at radius 3 is 2.56 bits per heavy atom. The molecule has 2 unspecified atom stereocenters. The molecule has 10 nitrogen and oxygen atoms in total. The van der Waals surface area contributed by atoms with Crippen LogP contribution in [0.5, 0.6) is 6.01 Å². The second-order valence-electron chi connectivity index (χ2n) is 13.6. The minimum atomic E-state index is -0.890. The first kappa shape index (κ1) is 29.2. The molecule has 43 heavy (non-hydrogen) atoms. The molecule has 1 saturated carbocycles. The molecule has 2 aromatic heterocycles. The number of piperidine rings is 1. The summed E-state index contributed by atoms with van der Waals surface area (Å²) in [7, 11) is 0. The van der Waals surface area contributed by atoms with Crippen molar-refractivity contribution in [1.82, 2.24) is 30.1 Å². The molecule has 0 radical (unpaired) electrons. The lowest BCUT2D eigenvalue weighted by atomic mass is 9.65. The summed E-state index contributed by atoms with van der Waals surface area (Å²) < 4.78 is 21.4. The van der Waals surface area contributed by atoms with E-state index in [4.69, 9.17) is 21.3 Å². The van der Waals surface area contributed by atoms with Gasteiger partial charge in [-0.15, -0.1) is 0 Å². The largest absolute Gasteiger partial charge is 0.465 e. The number of nitrogens with zero attached hydrogens (tertiary/aromatic N) is 6. The number of hydrogen-bond donors (Lipinski definition) is 2. The summed E-state index contributed by atoms with van der Waals surface area (Å²) in [4.78, 5) is 31.2. The van der Waals surface area contributed by atoms with E-state index in [1.807, 2.05) is 4.90 Å². The molecule has 4 aliphatic heterocycles. The minimum absolute atomic E-state index is 0.0834. The maximum atomic E-state index is 15.2. The Bertz CT molecular complexity index is 1320. The van der Waals surface area contributed by atoms with Gasteiger partial charge < -0.3 is 20.1 Å². The number of amides is 1. The van der Waals surface area contributed by atoms with Crippen LogP contribution < -0.4 is 15.0 Å². The van der Waals surface area contributed by atoms with Gasteiger partial charge in [-0.05, 0) is 108 Å². The fourth-order valence-electron chi connectivity index (χ4n) is 8.63. The van der Waals surface area contributed by atoms with Crippen LogP contribution in [0, 0.1) is 17.2 Å². The molecule has 5 aliphatic rings. The van der Waals surface area contributed by atoms with Gasteiger partial charge in [-0.1, -0.05) is 11.6 Å². The average molecular weight is 616 g/mol. The van der Waals surface area contributed by atoms with E-state index in [1.165, 1.54) is 64.2 Å². The molecular formula is C31H43ClFN7O3. The Hall–Kier alpha value is -2.50. The van der Waals surface area contributed by atoms with Crippen LogP contribution in [-0.2, 0) is 0 Å². The van der Waals surface area contributed by atoms with Crippen LogP contribution in [0.4, 0.5) is 15.0 Å². The highest BCUT2D eigenvalue weighted by molar-refractivity contribution is 6.30. The van der Waals surface area contributed by atoms with Gasteiger partial charge in [0.15, 0.2) is 11.0 Å². The first-order valence-corrected chi connectivity index (χ1v) is 16.6. The molecule has 2 aromatic rings. The van der Waals surface area contributed by atoms with E-state index in [-0.39, 0.29) is 34.8 Å². The molecule has 5 fully saturated rings. The number of piperazine rings is 1. The Kier molecular flexibility index (Phi) is 8.24. The number of hydrogen-bond acceptors (Lipinski definition) is 8. The number of nitrogens with one attached hydrogen (secondary N) is 1. The molecule has 3 atom stereocenters. The van der Waals surface area contributed by atoms with Crippen molar-refractivity contribution in [2.45, 2.75) is 88.8 Å². The van der Waals surface area contributed by atoms with Gasteiger partial charge in [0.1, 0.15) is 17.9 Å². The van der Waals surface area contributed by atoms with E-state index in [9.17, 15) is 9.90 Å². The van der Waals surface area contributed by atoms with Gasteiger partial charge in [-0.3, -0.25) is 9.80 Å². The lowest BCUT2D eigenvalue weighted by Crippen LogP contribution is -2.55. The van der Waals surface area contributed by atoms with Crippen molar-refractivity contribution in [3.63, 3.8) is 0 Å². The highest BCUT2D eigenvalue weighted by Crippen LogP contribution is 2.46. The van der Waals surface area contributed by atoms with Crippen molar-refractivity contribution in [1.29, 1.82) is 0 Å². The van der Waals surface area contributed by atoms with Crippen LogP contribution in [0.1, 0.15) is 70.6 Å². The molecule has 1 amide bonds. The molecule has 2 bridgehead atoms. The number of carboxylic acid groups (broad SMARTS) is 1. The molecule has 4 saturated heterocycles. The maximum absolute atomic E-state index is 15.2. The topological polar surface area (TPSA) is 107 Å². The summed E-state index contributed by atoms with van der Waals surface area (Å²) in [6, 6.07) is 0.153. The van der Waals surface area contributed by atoms with E-state index < -0.39 is 11.9 Å². The number of pyridine rings is 1. The van der Waals surface area contributed by atoms with Crippen LogP contribution >= 0.6 is 11.6 Å². The summed E-state index contributed by atoms with van der Waals surface area (Å²) >= 11 is 6.05. The molecule has 234 valence electrons. The van der Waals surface area contributed by atoms with Gasteiger partial charge in [0.05, 0.1) is 17.5 Å². The summed E-state index contributed by atoms with van der Waals surface area (Å²) in [5, 5.41) is 13.4. The first-order valence-electron chi connectivity index (χ1n) is 16.2. The number of likely N-dealkylation sites (tertiary alicyclic amines) is 1. The monoisotopic (exact) mass is 615 g/mol. The van der Waals surface area contributed by atoms with Crippen molar-refractivity contribution >= 4 is 34.4 Å². The number of ether oxygens (including phenoxy) is 1. The van der Waals surface area contributed by atoms with Gasteiger partial charge in [-0.25, -0.2) is 14.2 Å². The molecule has 6 heterocycles. The normalized spacial score (nSPS) is 27.8. The van der Waals surface area contributed by atoms with Crippen LogP contribution in [0.15, 0.2) is 6.20 Å². The number of fused-ring (bicyclic) bond motifs is 3. The molecule has 2 N–H and O–H groups in total. The number of anilines is 1. The lowest BCUT2D eigenvalue weighted by Gasteiger charge is -2.43. The molecular weight excluding hydrogens is 573 g/mol. The number of halogens is 2. The molecule has 7 rings (SSSR count). The lowest BCUT2D eigenvalue weighted by molar-refractivity contribution is 0.0930. The minimum Gasteiger partial charge on any atom is -0.465 e. The Morgan fingerprint density at radius 1 is 1.09 bits per heavy atom. The molecule has 1 aliphatic carbocycles. The third kappa shape index (κ3) is 5.84. The average Bonchev–Trinajstić information content (AvgIpc) is 3.58. The van der Waals surface area contributed by atoms with Crippen LogP contribution in [0.2, 0.25) is 5.15 Å². The quantitative estimate of drug-likeness (QED) is 0.419. The van der Waals surface area contributed by atoms with E-state index >= 15 is 4.39 Å². The zero-order chi connectivity index (χ0) is 29.6. The number of aromatic nitrogens is 3. The first-order chi connectivity index (χ1) is 20.9. The second kappa shape index (κ2) is 12.1. The Labute approximate surface area is 257 Å². The summed E-state index contributed by atoms with van der Waals surface area (Å²) in [5.74, 6) is 0.644. The summed E-state index contributed by atoms with van der Waals surface area (Å²) in [5.41, 5.74) is 0.688. The van der Waals surface area contributed by atoms with Crippen LogP contribution in [0.25, 0.3) is 10.9 Å². The Morgan fingerprint density at radius 2 is 1.84 bits per heavy atom. The van der Waals surface area contributed by atoms with Gasteiger partial charge in [0.25, 0.3) is 0 Å². The van der Waals surface area contributed by atoms with Crippen molar-refractivity contribution < 1.29 is 19.0 Å². The fraction of sp³-hybridized carbons (Fsp3) is 0.742. The Balaban J connectivity index is 1.02. The molecule has 0 aromatic carbocycles. The predicted molar refractivity (Wildman–Crippen MR) is 162 cm³/mol. The van der Waals surface area contributed by atoms with Crippen LogP contribution in [0.3, 0.4) is 0 Å². The van der Waals surface area contributed by atoms with Crippen molar-refractivity contribution in [2.75, 3.05) is 50.8 Å². The SMILES string of the molecule is O=C(O)N1C2CCC1CN(c1nc(OC[C@@H]3CCCN3CCC3CCC4(CCNCC4)CC3)nc3c(F)c(Cl)ncc13)C2. The zero-order valence-corrected chi connectivity index (χ0v) is 25.6. The number of carbonyl (C=O) groups is 1. The van der Waals surface area contributed by atoms with Crippen LogP contribution in [-0.4, -0.2) is 100.0 Å². The maximum Gasteiger partial charge on any atom is 0.407 e.